The van der Waals surface area contributed by atoms with Crippen LogP contribution in [0.25, 0.3) is 0 Å². The normalized spacial score (nSPS) is 24.5. The number of benzene rings is 1. The van der Waals surface area contributed by atoms with Gasteiger partial charge in [-0.15, -0.1) is 0 Å². The molecule has 2 atom stereocenters. The van der Waals surface area contributed by atoms with Crippen molar-refractivity contribution in [3.8, 4) is 0 Å². The predicted octanol–water partition coefficient (Wildman–Crippen LogP) is 2.99. The zero-order chi connectivity index (χ0) is 22.6. The number of carbonyl (C=O) groups excluding carboxylic acids is 1. The van der Waals surface area contributed by atoms with E-state index < -0.39 is 29.9 Å². The van der Waals surface area contributed by atoms with Crippen LogP contribution < -0.4 is 5.32 Å². The Labute approximate surface area is 183 Å². The first-order chi connectivity index (χ1) is 14.6. The van der Waals surface area contributed by atoms with Crippen LogP contribution in [0.1, 0.15) is 24.5 Å². The summed E-state index contributed by atoms with van der Waals surface area (Å²) in [5.74, 6) is -4.13. The largest absolute Gasteiger partial charge is 0.465 e. The van der Waals surface area contributed by atoms with Crippen molar-refractivity contribution >= 4 is 23.6 Å². The van der Waals surface area contributed by atoms with Crippen molar-refractivity contribution in [1.82, 2.24) is 15.1 Å². The maximum absolute atomic E-state index is 14.0. The minimum absolute atomic E-state index is 0.0213. The first-order valence-electron chi connectivity index (χ1n) is 10.1. The molecule has 2 aliphatic rings. The van der Waals surface area contributed by atoms with Gasteiger partial charge >= 0.3 is 6.09 Å². The number of carbonyl (C=O) groups is 2. The van der Waals surface area contributed by atoms with Gasteiger partial charge in [0.1, 0.15) is 5.82 Å². The summed E-state index contributed by atoms with van der Waals surface area (Å²) in [6, 6.07) is 4.25. The van der Waals surface area contributed by atoms with Crippen LogP contribution in [-0.2, 0) is 9.53 Å². The van der Waals surface area contributed by atoms with E-state index in [1.165, 1.54) is 17.0 Å². The van der Waals surface area contributed by atoms with Crippen LogP contribution >= 0.6 is 11.6 Å². The number of ether oxygens (including phenoxy) is 1. The number of hydrogen-bond donors (Lipinski definition) is 2. The van der Waals surface area contributed by atoms with Gasteiger partial charge in [-0.3, -0.25) is 9.69 Å². The molecule has 0 radical (unpaired) electrons. The van der Waals surface area contributed by atoms with Crippen LogP contribution in [0.3, 0.4) is 0 Å². The maximum atomic E-state index is 14.0. The minimum atomic E-state index is -2.69. The Hall–Kier alpha value is -2.04. The number of halogens is 4. The third-order valence-electron chi connectivity index (χ3n) is 5.60. The second-order valence-electron chi connectivity index (χ2n) is 7.89. The maximum Gasteiger partial charge on any atom is 0.407 e. The Morgan fingerprint density at radius 3 is 2.61 bits per heavy atom. The van der Waals surface area contributed by atoms with E-state index in [-0.39, 0.29) is 69.6 Å². The number of carboxylic acid groups (broad SMARTS) is 1. The molecule has 0 aliphatic carbocycles. The van der Waals surface area contributed by atoms with Gasteiger partial charge in [0, 0.05) is 51.5 Å². The van der Waals surface area contributed by atoms with E-state index in [0.717, 1.165) is 0 Å². The van der Waals surface area contributed by atoms with Crippen molar-refractivity contribution in [3.05, 3.63) is 34.6 Å². The molecule has 2 fully saturated rings. The standard InChI is InChI=1S/C20H25ClF3N3O4/c21-15-2-1-13(9-16(15)22)18-14(11-27(19(29)30)7-8-31-18)10-25-17(28)12-26-5-3-20(23,24)4-6-26/h1-2,9,14,18H,3-8,10-12H2,(H,25,28)(H,29,30)/t14-,18+/m1/s1. The van der Waals surface area contributed by atoms with E-state index in [1.807, 2.05) is 0 Å². The van der Waals surface area contributed by atoms with Gasteiger partial charge in [-0.25, -0.2) is 18.0 Å². The molecular weight excluding hydrogens is 439 g/mol. The molecule has 3 rings (SSSR count). The molecule has 0 bridgehead atoms. The highest BCUT2D eigenvalue weighted by molar-refractivity contribution is 6.30. The zero-order valence-corrected chi connectivity index (χ0v) is 17.6. The average molecular weight is 464 g/mol. The lowest BCUT2D eigenvalue weighted by atomic mass is 9.94. The fourth-order valence-corrected chi connectivity index (χ4v) is 3.96. The monoisotopic (exact) mass is 463 g/mol. The second-order valence-corrected chi connectivity index (χ2v) is 8.30. The topological polar surface area (TPSA) is 82.1 Å². The SMILES string of the molecule is O=C(CN1CCC(F)(F)CC1)NC[C@@H]1CN(C(=O)O)CCO[C@H]1c1ccc(Cl)c(F)c1. The Bertz CT molecular complexity index is 804. The molecule has 1 aromatic carbocycles. The zero-order valence-electron chi connectivity index (χ0n) is 16.8. The molecule has 11 heteroatoms. The number of nitrogens with zero attached hydrogens (tertiary/aromatic N) is 2. The predicted molar refractivity (Wildman–Crippen MR) is 107 cm³/mol. The van der Waals surface area contributed by atoms with Gasteiger partial charge in [0.2, 0.25) is 5.91 Å². The molecule has 1 aromatic rings. The quantitative estimate of drug-likeness (QED) is 0.701. The smallest absolute Gasteiger partial charge is 0.407 e. The lowest BCUT2D eigenvalue weighted by Gasteiger charge is -2.31. The van der Waals surface area contributed by atoms with Gasteiger partial charge in [-0.05, 0) is 17.7 Å². The van der Waals surface area contributed by atoms with Crippen LogP contribution in [0.2, 0.25) is 5.02 Å². The highest BCUT2D eigenvalue weighted by Crippen LogP contribution is 2.31. The van der Waals surface area contributed by atoms with Gasteiger partial charge < -0.3 is 20.1 Å². The fourth-order valence-electron chi connectivity index (χ4n) is 3.84. The summed E-state index contributed by atoms with van der Waals surface area (Å²) < 4.78 is 46.3. The Morgan fingerprint density at radius 2 is 1.97 bits per heavy atom. The Kier molecular flexibility index (Phi) is 7.66. The number of piperidine rings is 1. The summed E-state index contributed by atoms with van der Waals surface area (Å²) in [5, 5.41) is 12.1. The van der Waals surface area contributed by atoms with E-state index in [9.17, 15) is 27.9 Å². The number of alkyl halides is 2. The molecule has 0 unspecified atom stereocenters. The lowest BCUT2D eigenvalue weighted by molar-refractivity contribution is -0.124. The summed E-state index contributed by atoms with van der Waals surface area (Å²) in [6.45, 7) is 0.676. The third-order valence-corrected chi connectivity index (χ3v) is 5.91. The summed E-state index contributed by atoms with van der Waals surface area (Å²) in [6.07, 6.45) is -2.33. The molecule has 2 heterocycles. The molecule has 2 aliphatic heterocycles. The molecular formula is C20H25ClF3N3O4. The van der Waals surface area contributed by atoms with Crippen LogP contribution in [0.4, 0.5) is 18.0 Å². The summed E-state index contributed by atoms with van der Waals surface area (Å²) >= 11 is 5.76. The summed E-state index contributed by atoms with van der Waals surface area (Å²) in [7, 11) is 0. The van der Waals surface area contributed by atoms with E-state index >= 15 is 0 Å². The number of likely N-dealkylation sites (tertiary alicyclic amines) is 1. The number of rotatable bonds is 5. The van der Waals surface area contributed by atoms with Crippen molar-refractivity contribution in [2.75, 3.05) is 45.9 Å². The Morgan fingerprint density at radius 1 is 1.26 bits per heavy atom. The average Bonchev–Trinajstić information content (AvgIpc) is 2.93. The van der Waals surface area contributed by atoms with Crippen LogP contribution in [0, 0.1) is 11.7 Å². The van der Waals surface area contributed by atoms with Crippen molar-refractivity contribution in [3.63, 3.8) is 0 Å². The van der Waals surface area contributed by atoms with Gasteiger partial charge in [0.15, 0.2) is 0 Å². The van der Waals surface area contributed by atoms with E-state index in [2.05, 4.69) is 5.32 Å². The summed E-state index contributed by atoms with van der Waals surface area (Å²) in [4.78, 5) is 26.7. The number of hydrogen-bond acceptors (Lipinski definition) is 4. The molecule has 0 aromatic heterocycles. The first-order valence-corrected chi connectivity index (χ1v) is 10.4. The van der Waals surface area contributed by atoms with Gasteiger partial charge in [0.25, 0.3) is 5.92 Å². The van der Waals surface area contributed by atoms with Crippen molar-refractivity contribution in [2.45, 2.75) is 24.9 Å². The van der Waals surface area contributed by atoms with Gasteiger partial charge in [0.05, 0.1) is 24.3 Å². The fraction of sp³-hybridized carbons (Fsp3) is 0.600. The summed E-state index contributed by atoms with van der Waals surface area (Å²) in [5.41, 5.74) is 0.492. The molecule has 31 heavy (non-hydrogen) atoms. The van der Waals surface area contributed by atoms with Gasteiger partial charge in [-0.1, -0.05) is 17.7 Å². The minimum Gasteiger partial charge on any atom is -0.465 e. The first kappa shape index (κ1) is 23.6. The van der Waals surface area contributed by atoms with Crippen LogP contribution in [0.15, 0.2) is 18.2 Å². The highest BCUT2D eigenvalue weighted by atomic mass is 35.5. The highest BCUT2D eigenvalue weighted by Gasteiger charge is 2.35. The van der Waals surface area contributed by atoms with Crippen LogP contribution in [0.5, 0.6) is 0 Å². The molecule has 2 amide bonds. The number of amides is 2. The van der Waals surface area contributed by atoms with Crippen LogP contribution in [-0.4, -0.2) is 78.7 Å². The lowest BCUT2D eigenvalue weighted by Crippen LogP contribution is -2.46. The molecule has 7 nitrogen and oxygen atoms in total. The Balaban J connectivity index is 1.65. The number of nitrogens with one attached hydrogen (secondary N) is 1. The van der Waals surface area contributed by atoms with E-state index in [1.54, 1.807) is 11.0 Å². The third kappa shape index (κ3) is 6.47. The second kappa shape index (κ2) is 10.1. The molecule has 172 valence electrons. The van der Waals surface area contributed by atoms with Crippen molar-refractivity contribution < 1.29 is 32.6 Å². The molecule has 2 N–H and O–H groups in total. The molecule has 2 saturated heterocycles. The van der Waals surface area contributed by atoms with E-state index in [0.29, 0.717) is 5.56 Å². The van der Waals surface area contributed by atoms with Crippen molar-refractivity contribution in [1.29, 1.82) is 0 Å². The van der Waals surface area contributed by atoms with Crippen molar-refractivity contribution in [2.24, 2.45) is 5.92 Å². The molecule has 0 spiro atoms. The van der Waals surface area contributed by atoms with E-state index in [4.69, 9.17) is 16.3 Å². The van der Waals surface area contributed by atoms with Gasteiger partial charge in [-0.2, -0.15) is 0 Å². The molecule has 0 saturated carbocycles.